The number of methoxy groups -OCH3 is 1. The van der Waals surface area contributed by atoms with Gasteiger partial charge in [0, 0.05) is 17.8 Å². The van der Waals surface area contributed by atoms with Crippen molar-refractivity contribution in [2.45, 2.75) is 13.8 Å². The van der Waals surface area contributed by atoms with E-state index in [1.807, 2.05) is 13.8 Å². The van der Waals surface area contributed by atoms with Crippen LogP contribution >= 0.6 is 0 Å². The Morgan fingerprint density at radius 2 is 1.90 bits per heavy atom. The van der Waals surface area contributed by atoms with E-state index in [0.29, 0.717) is 24.0 Å². The molecule has 2 aromatic rings. The largest absolute Gasteiger partial charge is 0.493 e. The number of nitrogens with zero attached hydrogens (tertiary/aromatic N) is 1. The fourth-order valence-electron chi connectivity index (χ4n) is 2.28. The van der Waals surface area contributed by atoms with Crippen molar-refractivity contribution < 1.29 is 28.7 Å². The van der Waals surface area contributed by atoms with Crippen LogP contribution in [0.15, 0.2) is 42.5 Å². The molecule has 0 bridgehead atoms. The lowest BCUT2D eigenvalue weighted by Crippen LogP contribution is -2.21. The molecule has 2 aromatic carbocycles. The van der Waals surface area contributed by atoms with Gasteiger partial charge in [0.2, 0.25) is 0 Å². The van der Waals surface area contributed by atoms with E-state index in [1.165, 1.54) is 43.5 Å². The zero-order chi connectivity index (χ0) is 21.4. The number of esters is 1. The quantitative estimate of drug-likeness (QED) is 0.388. The predicted molar refractivity (Wildman–Crippen MR) is 105 cm³/mol. The van der Waals surface area contributed by atoms with E-state index >= 15 is 0 Å². The summed E-state index contributed by atoms with van der Waals surface area (Å²) in [5, 5.41) is 13.2. The Kier molecular flexibility index (Phi) is 7.53. The van der Waals surface area contributed by atoms with Gasteiger partial charge in [-0.3, -0.25) is 14.9 Å². The molecule has 2 rings (SSSR count). The third-order valence-corrected chi connectivity index (χ3v) is 3.65. The lowest BCUT2D eigenvalue weighted by atomic mass is 10.2. The highest BCUT2D eigenvalue weighted by molar-refractivity contribution is 5.95. The molecule has 0 aliphatic heterocycles. The third kappa shape index (κ3) is 6.49. The molecule has 0 aromatic heterocycles. The summed E-state index contributed by atoms with van der Waals surface area (Å²) in [5.41, 5.74) is 0.266. The fraction of sp³-hybridized carbons (Fsp3) is 0.300. The minimum absolute atomic E-state index is 0.160. The molecule has 154 valence electrons. The average Bonchev–Trinajstić information content (AvgIpc) is 2.70. The third-order valence-electron chi connectivity index (χ3n) is 3.65. The first-order valence-electron chi connectivity index (χ1n) is 8.82. The smallest absolute Gasteiger partial charge is 0.338 e. The van der Waals surface area contributed by atoms with Crippen LogP contribution in [0.25, 0.3) is 0 Å². The van der Waals surface area contributed by atoms with Crippen LogP contribution in [0, 0.1) is 16.0 Å². The fourth-order valence-corrected chi connectivity index (χ4v) is 2.28. The van der Waals surface area contributed by atoms with Crippen molar-refractivity contribution in [2.24, 2.45) is 5.92 Å². The Bertz CT molecular complexity index is 896. The number of amides is 1. The molecule has 9 nitrogen and oxygen atoms in total. The van der Waals surface area contributed by atoms with E-state index in [4.69, 9.17) is 14.2 Å². The van der Waals surface area contributed by atoms with Crippen LogP contribution in [-0.4, -0.2) is 37.1 Å². The number of ether oxygens (including phenoxy) is 3. The van der Waals surface area contributed by atoms with Crippen LogP contribution in [0.4, 0.5) is 11.4 Å². The Balaban J connectivity index is 1.95. The normalized spacial score (nSPS) is 10.3. The van der Waals surface area contributed by atoms with Crippen molar-refractivity contribution in [3.8, 4) is 11.5 Å². The van der Waals surface area contributed by atoms with Gasteiger partial charge in [0.25, 0.3) is 11.6 Å². The van der Waals surface area contributed by atoms with Gasteiger partial charge >= 0.3 is 5.97 Å². The highest BCUT2D eigenvalue weighted by Crippen LogP contribution is 2.28. The van der Waals surface area contributed by atoms with Crippen molar-refractivity contribution in [3.05, 3.63) is 58.1 Å². The van der Waals surface area contributed by atoms with E-state index in [9.17, 15) is 19.7 Å². The van der Waals surface area contributed by atoms with Crippen LogP contribution in [0.2, 0.25) is 0 Å². The van der Waals surface area contributed by atoms with E-state index in [-0.39, 0.29) is 16.9 Å². The van der Waals surface area contributed by atoms with Crippen LogP contribution in [-0.2, 0) is 9.53 Å². The molecular formula is C20H22N2O7. The van der Waals surface area contributed by atoms with Gasteiger partial charge in [-0.15, -0.1) is 0 Å². The summed E-state index contributed by atoms with van der Waals surface area (Å²) >= 11 is 0. The van der Waals surface area contributed by atoms with Gasteiger partial charge in [-0.1, -0.05) is 19.9 Å². The summed E-state index contributed by atoms with van der Waals surface area (Å²) in [5.74, 6) is -0.133. The maximum atomic E-state index is 12.2. The van der Waals surface area contributed by atoms with Gasteiger partial charge in [0.15, 0.2) is 18.1 Å². The molecule has 0 saturated carbocycles. The zero-order valence-corrected chi connectivity index (χ0v) is 16.3. The van der Waals surface area contributed by atoms with Gasteiger partial charge in [-0.25, -0.2) is 4.79 Å². The second kappa shape index (κ2) is 10.1. The first kappa shape index (κ1) is 21.7. The lowest BCUT2D eigenvalue weighted by Gasteiger charge is -2.13. The van der Waals surface area contributed by atoms with Crippen molar-refractivity contribution in [3.63, 3.8) is 0 Å². The number of rotatable bonds is 9. The maximum absolute atomic E-state index is 12.2. The zero-order valence-electron chi connectivity index (χ0n) is 16.3. The van der Waals surface area contributed by atoms with E-state index < -0.39 is 23.4 Å². The number of nitro groups is 1. The molecule has 0 spiro atoms. The molecule has 0 radical (unpaired) electrons. The Morgan fingerprint density at radius 3 is 2.55 bits per heavy atom. The predicted octanol–water partition coefficient (Wildman–Crippen LogP) is 3.43. The molecule has 9 heteroatoms. The second-order valence-corrected chi connectivity index (χ2v) is 6.50. The number of carbonyl (C=O) groups excluding carboxylic acids is 2. The number of nitrogens with one attached hydrogen (secondary N) is 1. The first-order valence-corrected chi connectivity index (χ1v) is 8.82. The summed E-state index contributed by atoms with van der Waals surface area (Å²) < 4.78 is 15.9. The Hall–Kier alpha value is -3.62. The molecule has 0 atom stereocenters. The van der Waals surface area contributed by atoms with Crippen molar-refractivity contribution in [1.29, 1.82) is 0 Å². The van der Waals surface area contributed by atoms with Gasteiger partial charge in [-0.2, -0.15) is 0 Å². The molecule has 29 heavy (non-hydrogen) atoms. The van der Waals surface area contributed by atoms with E-state index in [2.05, 4.69) is 5.32 Å². The average molecular weight is 402 g/mol. The molecule has 0 aliphatic carbocycles. The minimum atomic E-state index is -0.715. The van der Waals surface area contributed by atoms with Crippen LogP contribution in [0.5, 0.6) is 11.5 Å². The molecule has 1 amide bonds. The highest BCUT2D eigenvalue weighted by atomic mass is 16.6. The van der Waals surface area contributed by atoms with Crippen molar-refractivity contribution in [1.82, 2.24) is 0 Å². The number of benzene rings is 2. The molecule has 0 heterocycles. The molecule has 0 saturated heterocycles. The standard InChI is InChI=1S/C20H22N2O7/c1-13(2)11-28-17-8-7-14(9-18(17)27-3)20(24)29-12-19(23)21-15-5-4-6-16(10-15)22(25)26/h4-10,13H,11-12H2,1-3H3,(H,21,23). The van der Waals surface area contributed by atoms with Crippen LogP contribution < -0.4 is 14.8 Å². The number of carbonyl (C=O) groups is 2. The minimum Gasteiger partial charge on any atom is -0.493 e. The molecule has 1 N–H and O–H groups in total. The second-order valence-electron chi connectivity index (χ2n) is 6.50. The number of hydrogen-bond acceptors (Lipinski definition) is 7. The highest BCUT2D eigenvalue weighted by Gasteiger charge is 2.15. The van der Waals surface area contributed by atoms with E-state index in [0.717, 1.165) is 0 Å². The molecular weight excluding hydrogens is 380 g/mol. The van der Waals surface area contributed by atoms with Gasteiger partial charge in [-0.05, 0) is 30.2 Å². The maximum Gasteiger partial charge on any atom is 0.338 e. The summed E-state index contributed by atoms with van der Waals surface area (Å²) in [4.78, 5) is 34.3. The summed E-state index contributed by atoms with van der Waals surface area (Å²) in [7, 11) is 1.46. The Morgan fingerprint density at radius 1 is 1.14 bits per heavy atom. The first-order chi connectivity index (χ1) is 13.8. The monoisotopic (exact) mass is 402 g/mol. The number of nitro benzene ring substituents is 1. The van der Waals surface area contributed by atoms with Crippen molar-refractivity contribution >= 4 is 23.3 Å². The summed E-state index contributed by atoms with van der Waals surface area (Å²) in [6.07, 6.45) is 0. The van der Waals surface area contributed by atoms with E-state index in [1.54, 1.807) is 6.07 Å². The number of non-ortho nitro benzene ring substituents is 1. The number of anilines is 1. The molecule has 0 aliphatic rings. The van der Waals surface area contributed by atoms with Gasteiger partial charge < -0.3 is 19.5 Å². The van der Waals surface area contributed by atoms with Crippen LogP contribution in [0.1, 0.15) is 24.2 Å². The SMILES string of the molecule is COc1cc(C(=O)OCC(=O)Nc2cccc([N+](=O)[O-])c2)ccc1OCC(C)C. The van der Waals surface area contributed by atoms with Crippen molar-refractivity contribution in [2.75, 3.05) is 25.6 Å². The summed E-state index contributed by atoms with van der Waals surface area (Å²) in [6.45, 7) is 3.97. The molecule has 0 unspecified atom stereocenters. The Labute approximate surface area is 167 Å². The summed E-state index contributed by atoms with van der Waals surface area (Å²) in [6, 6.07) is 10.0. The molecule has 0 fully saturated rings. The van der Waals surface area contributed by atoms with Gasteiger partial charge in [0.05, 0.1) is 24.2 Å². The van der Waals surface area contributed by atoms with Gasteiger partial charge in [0.1, 0.15) is 0 Å². The number of hydrogen-bond donors (Lipinski definition) is 1. The van der Waals surface area contributed by atoms with Crippen LogP contribution in [0.3, 0.4) is 0 Å². The lowest BCUT2D eigenvalue weighted by molar-refractivity contribution is -0.384. The topological polar surface area (TPSA) is 117 Å².